The van der Waals surface area contributed by atoms with E-state index in [1.54, 1.807) is 0 Å². The summed E-state index contributed by atoms with van der Waals surface area (Å²) < 4.78 is 0. The average Bonchev–Trinajstić information content (AvgIpc) is 2.67. The van der Waals surface area contributed by atoms with E-state index < -0.39 is 0 Å². The SMILES string of the molecule is CCCCCCCCCCCCCCCCN(C)CCCONCCSC. The number of nitrogens with one attached hydrogen (secondary N) is 1. The van der Waals surface area contributed by atoms with Crippen LogP contribution in [-0.4, -0.2) is 50.2 Å². The van der Waals surface area contributed by atoms with Crippen molar-refractivity contribution in [1.29, 1.82) is 0 Å². The number of hydrogen-bond acceptors (Lipinski definition) is 4. The van der Waals surface area contributed by atoms with Crippen LogP contribution in [0.15, 0.2) is 0 Å². The first-order chi connectivity index (χ1) is 13.3. The first-order valence-corrected chi connectivity index (χ1v) is 13.2. The molecule has 164 valence electrons. The van der Waals surface area contributed by atoms with Crippen LogP contribution in [0.25, 0.3) is 0 Å². The Morgan fingerprint density at radius 1 is 0.704 bits per heavy atom. The smallest absolute Gasteiger partial charge is 0.0694 e. The number of nitrogens with zero attached hydrogens (tertiary/aromatic N) is 1. The van der Waals surface area contributed by atoms with Gasteiger partial charge in [0.05, 0.1) is 6.61 Å². The third-order valence-corrected chi connectivity index (χ3v) is 5.80. The van der Waals surface area contributed by atoms with Gasteiger partial charge in [0.15, 0.2) is 0 Å². The first-order valence-electron chi connectivity index (χ1n) is 11.8. The van der Waals surface area contributed by atoms with Crippen LogP contribution >= 0.6 is 11.8 Å². The Hall–Kier alpha value is 0.230. The van der Waals surface area contributed by atoms with E-state index in [0.717, 1.165) is 31.9 Å². The standard InChI is InChI=1S/C23H50N2OS/c1-4-5-6-7-8-9-10-11-12-13-14-15-16-17-20-25(2)21-18-22-26-24-19-23-27-3/h24H,4-23H2,1-3H3. The lowest BCUT2D eigenvalue weighted by atomic mass is 10.0. The van der Waals surface area contributed by atoms with Crippen molar-refractivity contribution in [2.45, 2.75) is 103 Å². The summed E-state index contributed by atoms with van der Waals surface area (Å²) in [7, 11) is 2.24. The molecule has 0 aromatic heterocycles. The molecule has 0 atom stereocenters. The van der Waals surface area contributed by atoms with Gasteiger partial charge in [-0.05, 0) is 32.7 Å². The number of thioether (sulfide) groups is 1. The predicted octanol–water partition coefficient (Wildman–Crippen LogP) is 6.67. The summed E-state index contributed by atoms with van der Waals surface area (Å²) in [6.45, 7) is 6.43. The van der Waals surface area contributed by atoms with Crippen LogP contribution in [0.3, 0.4) is 0 Å². The van der Waals surface area contributed by atoms with E-state index in [1.165, 1.54) is 96.4 Å². The van der Waals surface area contributed by atoms with E-state index >= 15 is 0 Å². The molecule has 0 fully saturated rings. The molecule has 0 aliphatic carbocycles. The minimum Gasteiger partial charge on any atom is -0.306 e. The largest absolute Gasteiger partial charge is 0.306 e. The van der Waals surface area contributed by atoms with E-state index in [1.807, 2.05) is 11.8 Å². The highest BCUT2D eigenvalue weighted by Gasteiger charge is 1.99. The van der Waals surface area contributed by atoms with Crippen LogP contribution in [0.1, 0.15) is 103 Å². The Kier molecular flexibility index (Phi) is 24.5. The lowest BCUT2D eigenvalue weighted by Gasteiger charge is -2.16. The monoisotopic (exact) mass is 402 g/mol. The summed E-state index contributed by atoms with van der Waals surface area (Å²) in [6.07, 6.45) is 23.3. The molecule has 0 unspecified atom stereocenters. The minimum atomic E-state index is 0.817. The highest BCUT2D eigenvalue weighted by atomic mass is 32.2. The fourth-order valence-electron chi connectivity index (χ4n) is 3.38. The fourth-order valence-corrected chi connectivity index (χ4v) is 3.67. The second-order valence-corrected chi connectivity index (χ2v) is 8.97. The van der Waals surface area contributed by atoms with Crippen LogP contribution < -0.4 is 5.48 Å². The molecule has 0 spiro atoms. The normalized spacial score (nSPS) is 11.6. The highest BCUT2D eigenvalue weighted by molar-refractivity contribution is 7.98. The Balaban J connectivity index is 3.10. The zero-order valence-corrected chi connectivity index (χ0v) is 19.7. The summed E-state index contributed by atoms with van der Waals surface area (Å²) >= 11 is 1.84. The van der Waals surface area contributed by atoms with E-state index in [0.29, 0.717) is 0 Å². The van der Waals surface area contributed by atoms with E-state index in [2.05, 4.69) is 30.6 Å². The maximum Gasteiger partial charge on any atom is 0.0694 e. The second-order valence-electron chi connectivity index (χ2n) is 7.99. The molecule has 0 aromatic carbocycles. The quantitative estimate of drug-likeness (QED) is 0.152. The molecule has 0 saturated heterocycles. The zero-order valence-electron chi connectivity index (χ0n) is 18.9. The molecule has 0 bridgehead atoms. The third-order valence-electron chi connectivity index (χ3n) is 5.19. The summed E-state index contributed by atoms with van der Waals surface area (Å²) in [5.74, 6) is 1.11. The molecule has 4 heteroatoms. The predicted molar refractivity (Wildman–Crippen MR) is 125 cm³/mol. The number of hydrogen-bond donors (Lipinski definition) is 1. The van der Waals surface area contributed by atoms with E-state index in [-0.39, 0.29) is 0 Å². The molecule has 0 saturated carbocycles. The summed E-state index contributed by atoms with van der Waals surface area (Å²) in [5.41, 5.74) is 3.02. The Labute approximate surface area is 175 Å². The molecule has 0 aliphatic rings. The Bertz CT molecular complexity index is 267. The van der Waals surface area contributed by atoms with Gasteiger partial charge >= 0.3 is 0 Å². The van der Waals surface area contributed by atoms with Crippen molar-refractivity contribution < 1.29 is 4.84 Å². The average molecular weight is 403 g/mol. The maximum absolute atomic E-state index is 5.42. The van der Waals surface area contributed by atoms with Gasteiger partial charge in [-0.2, -0.15) is 11.8 Å². The fraction of sp³-hybridized carbons (Fsp3) is 1.00. The molecular weight excluding hydrogens is 352 g/mol. The molecule has 0 heterocycles. The molecule has 0 aliphatic heterocycles. The lowest BCUT2D eigenvalue weighted by molar-refractivity contribution is 0.0399. The minimum absolute atomic E-state index is 0.817. The van der Waals surface area contributed by atoms with Crippen LogP contribution in [0.5, 0.6) is 0 Å². The molecule has 3 nitrogen and oxygen atoms in total. The van der Waals surface area contributed by atoms with Gasteiger partial charge in [-0.25, -0.2) is 5.48 Å². The van der Waals surface area contributed by atoms with Crippen LogP contribution in [0.2, 0.25) is 0 Å². The summed E-state index contributed by atoms with van der Waals surface area (Å²) in [6, 6.07) is 0. The van der Waals surface area contributed by atoms with Gasteiger partial charge in [-0.15, -0.1) is 0 Å². The van der Waals surface area contributed by atoms with Crippen molar-refractivity contribution >= 4 is 11.8 Å². The molecule has 0 amide bonds. The van der Waals surface area contributed by atoms with Gasteiger partial charge in [-0.1, -0.05) is 90.4 Å². The zero-order chi connectivity index (χ0) is 19.8. The van der Waals surface area contributed by atoms with Gasteiger partial charge in [-0.3, -0.25) is 0 Å². The molecule has 0 radical (unpaired) electrons. The van der Waals surface area contributed by atoms with Crippen molar-refractivity contribution in [3.05, 3.63) is 0 Å². The van der Waals surface area contributed by atoms with Crippen LogP contribution in [-0.2, 0) is 4.84 Å². The lowest BCUT2D eigenvalue weighted by Crippen LogP contribution is -2.24. The summed E-state index contributed by atoms with van der Waals surface area (Å²) in [5, 5.41) is 0. The maximum atomic E-state index is 5.42. The van der Waals surface area contributed by atoms with E-state index in [4.69, 9.17) is 4.84 Å². The first kappa shape index (κ1) is 27.2. The number of hydroxylamine groups is 1. The Morgan fingerprint density at radius 2 is 1.19 bits per heavy atom. The van der Waals surface area contributed by atoms with Crippen LogP contribution in [0, 0.1) is 0 Å². The Morgan fingerprint density at radius 3 is 1.70 bits per heavy atom. The molecule has 1 N–H and O–H groups in total. The molecular formula is C23H50N2OS. The van der Waals surface area contributed by atoms with Gasteiger partial charge in [0, 0.05) is 18.8 Å². The van der Waals surface area contributed by atoms with Gasteiger partial charge in [0.1, 0.15) is 0 Å². The van der Waals surface area contributed by atoms with Crippen molar-refractivity contribution in [1.82, 2.24) is 10.4 Å². The highest BCUT2D eigenvalue weighted by Crippen LogP contribution is 2.13. The molecule has 27 heavy (non-hydrogen) atoms. The number of unbranched alkanes of at least 4 members (excludes halogenated alkanes) is 13. The van der Waals surface area contributed by atoms with E-state index in [9.17, 15) is 0 Å². The van der Waals surface area contributed by atoms with Crippen molar-refractivity contribution in [2.24, 2.45) is 0 Å². The molecule has 0 aromatic rings. The van der Waals surface area contributed by atoms with Crippen molar-refractivity contribution in [3.63, 3.8) is 0 Å². The van der Waals surface area contributed by atoms with Gasteiger partial charge in [0.25, 0.3) is 0 Å². The topological polar surface area (TPSA) is 24.5 Å². The van der Waals surface area contributed by atoms with Gasteiger partial charge < -0.3 is 9.74 Å². The van der Waals surface area contributed by atoms with Crippen molar-refractivity contribution in [2.75, 3.05) is 45.3 Å². The number of rotatable bonds is 23. The van der Waals surface area contributed by atoms with Crippen LogP contribution in [0.4, 0.5) is 0 Å². The molecule has 0 rings (SSSR count). The third kappa shape index (κ3) is 24.2. The van der Waals surface area contributed by atoms with Crippen molar-refractivity contribution in [3.8, 4) is 0 Å². The summed E-state index contributed by atoms with van der Waals surface area (Å²) in [4.78, 5) is 7.87. The van der Waals surface area contributed by atoms with Gasteiger partial charge in [0.2, 0.25) is 0 Å². The second kappa shape index (κ2) is 24.3.